The molecular weight excluding hydrogens is 364 g/mol. The Kier molecular flexibility index (Phi) is 3.98. The van der Waals surface area contributed by atoms with Crippen LogP contribution in [-0.2, 0) is 6.42 Å². The van der Waals surface area contributed by atoms with Crippen LogP contribution in [0.25, 0.3) is 27.9 Å². The zero-order valence-electron chi connectivity index (χ0n) is 15.4. The standard InChI is InChI=1S/C22H16N6O/c23-21(29)18-6-2-1-5-17(18)20-13-26-22-25-12-16(28(22)27-20)11-14-7-8-19-15(10-14)4-3-9-24-19/h1-10,12-13H,11H2,(H2,23,29). The number of pyridine rings is 1. The van der Waals surface area contributed by atoms with E-state index in [-0.39, 0.29) is 0 Å². The summed E-state index contributed by atoms with van der Waals surface area (Å²) >= 11 is 0. The highest BCUT2D eigenvalue weighted by molar-refractivity contribution is 5.99. The molecule has 0 unspecified atom stereocenters. The van der Waals surface area contributed by atoms with Crippen molar-refractivity contribution in [3.8, 4) is 11.3 Å². The average Bonchev–Trinajstić information content (AvgIpc) is 3.15. The number of amides is 1. The van der Waals surface area contributed by atoms with Gasteiger partial charge in [-0.15, -0.1) is 0 Å². The average molecular weight is 380 g/mol. The monoisotopic (exact) mass is 380 g/mol. The van der Waals surface area contributed by atoms with Crippen LogP contribution in [0.1, 0.15) is 21.6 Å². The summed E-state index contributed by atoms with van der Waals surface area (Å²) in [5.74, 6) is 0.000821. The van der Waals surface area contributed by atoms with Crippen LogP contribution in [0.5, 0.6) is 0 Å². The minimum Gasteiger partial charge on any atom is -0.366 e. The van der Waals surface area contributed by atoms with E-state index in [1.54, 1.807) is 35.2 Å². The van der Waals surface area contributed by atoms with Gasteiger partial charge in [0.05, 0.1) is 23.6 Å². The lowest BCUT2D eigenvalue weighted by atomic mass is 10.0. The van der Waals surface area contributed by atoms with Gasteiger partial charge in [-0.1, -0.05) is 30.3 Å². The molecule has 5 aromatic rings. The van der Waals surface area contributed by atoms with Gasteiger partial charge in [0.15, 0.2) is 0 Å². The Hall–Kier alpha value is -4.13. The Balaban J connectivity index is 1.57. The molecule has 0 bridgehead atoms. The molecule has 0 saturated carbocycles. The number of benzene rings is 2. The lowest BCUT2D eigenvalue weighted by Gasteiger charge is -2.07. The van der Waals surface area contributed by atoms with Gasteiger partial charge < -0.3 is 5.73 Å². The van der Waals surface area contributed by atoms with Crippen LogP contribution in [-0.4, -0.2) is 30.5 Å². The van der Waals surface area contributed by atoms with Gasteiger partial charge in [-0.05, 0) is 29.8 Å². The van der Waals surface area contributed by atoms with Crippen LogP contribution in [0.3, 0.4) is 0 Å². The molecule has 5 rings (SSSR count). The summed E-state index contributed by atoms with van der Waals surface area (Å²) in [7, 11) is 0. The topological polar surface area (TPSA) is 99.1 Å². The number of fused-ring (bicyclic) bond motifs is 2. The molecule has 3 aromatic heterocycles. The lowest BCUT2D eigenvalue weighted by molar-refractivity contribution is 0.100. The predicted molar refractivity (Wildman–Crippen MR) is 109 cm³/mol. The molecule has 1 amide bonds. The number of hydrogen-bond acceptors (Lipinski definition) is 5. The van der Waals surface area contributed by atoms with Crippen LogP contribution >= 0.6 is 0 Å². The van der Waals surface area contributed by atoms with E-state index < -0.39 is 5.91 Å². The first-order chi connectivity index (χ1) is 14.2. The van der Waals surface area contributed by atoms with E-state index in [2.05, 4.69) is 26.1 Å². The molecule has 0 atom stereocenters. The summed E-state index contributed by atoms with van der Waals surface area (Å²) < 4.78 is 1.71. The zero-order valence-corrected chi connectivity index (χ0v) is 15.4. The molecule has 7 heteroatoms. The molecule has 0 fully saturated rings. The second kappa shape index (κ2) is 6.79. The van der Waals surface area contributed by atoms with Crippen molar-refractivity contribution in [2.75, 3.05) is 0 Å². The maximum atomic E-state index is 11.8. The molecule has 0 aliphatic heterocycles. The van der Waals surface area contributed by atoms with E-state index in [0.29, 0.717) is 29.0 Å². The van der Waals surface area contributed by atoms with Crippen molar-refractivity contribution >= 4 is 22.6 Å². The highest BCUT2D eigenvalue weighted by Gasteiger charge is 2.14. The summed E-state index contributed by atoms with van der Waals surface area (Å²) in [6.45, 7) is 0. The minimum absolute atomic E-state index is 0.407. The maximum absolute atomic E-state index is 11.8. The van der Waals surface area contributed by atoms with Crippen molar-refractivity contribution in [2.24, 2.45) is 5.73 Å². The summed E-state index contributed by atoms with van der Waals surface area (Å²) in [5, 5.41) is 5.76. The normalized spacial score (nSPS) is 11.2. The van der Waals surface area contributed by atoms with Crippen LogP contribution in [0.2, 0.25) is 0 Å². The van der Waals surface area contributed by atoms with Crippen LogP contribution in [0, 0.1) is 0 Å². The Bertz CT molecular complexity index is 1370. The van der Waals surface area contributed by atoms with E-state index in [9.17, 15) is 4.79 Å². The predicted octanol–water partition coefficient (Wildman–Crippen LogP) is 3.03. The molecule has 0 spiro atoms. The first kappa shape index (κ1) is 17.0. The SMILES string of the molecule is NC(=O)c1ccccc1-c1cnc2ncc(Cc3ccc4ncccc4c3)n2n1. The quantitative estimate of drug-likeness (QED) is 0.517. The molecule has 0 saturated heterocycles. The summed E-state index contributed by atoms with van der Waals surface area (Å²) in [4.78, 5) is 24.9. The molecule has 3 heterocycles. The van der Waals surface area contributed by atoms with E-state index in [0.717, 1.165) is 22.2 Å². The first-order valence-corrected chi connectivity index (χ1v) is 9.11. The third-order valence-electron chi connectivity index (χ3n) is 4.82. The number of imidazole rings is 1. The smallest absolute Gasteiger partial charge is 0.250 e. The Labute approximate surface area is 165 Å². The molecule has 2 aromatic carbocycles. The van der Waals surface area contributed by atoms with Gasteiger partial charge in [-0.25, -0.2) is 14.5 Å². The number of nitrogens with two attached hydrogens (primary N) is 1. The van der Waals surface area contributed by atoms with Crippen molar-refractivity contribution in [1.82, 2.24) is 24.6 Å². The van der Waals surface area contributed by atoms with Crippen LogP contribution in [0.4, 0.5) is 0 Å². The van der Waals surface area contributed by atoms with Crippen molar-refractivity contribution in [3.05, 3.63) is 90.0 Å². The molecule has 29 heavy (non-hydrogen) atoms. The van der Waals surface area contributed by atoms with Crippen LogP contribution < -0.4 is 5.73 Å². The van der Waals surface area contributed by atoms with Crippen molar-refractivity contribution in [3.63, 3.8) is 0 Å². The fourth-order valence-corrected chi connectivity index (χ4v) is 3.43. The largest absolute Gasteiger partial charge is 0.366 e. The van der Waals surface area contributed by atoms with Gasteiger partial charge in [-0.2, -0.15) is 5.10 Å². The number of primary amides is 1. The minimum atomic E-state index is -0.502. The van der Waals surface area contributed by atoms with Gasteiger partial charge in [0.2, 0.25) is 5.91 Å². The van der Waals surface area contributed by atoms with Gasteiger partial charge in [0.1, 0.15) is 5.69 Å². The molecule has 0 aliphatic carbocycles. The second-order valence-electron chi connectivity index (χ2n) is 6.72. The number of hydrogen-bond donors (Lipinski definition) is 1. The summed E-state index contributed by atoms with van der Waals surface area (Å²) in [6.07, 6.45) is 5.80. The maximum Gasteiger partial charge on any atom is 0.250 e. The van der Waals surface area contributed by atoms with Crippen molar-refractivity contribution < 1.29 is 4.79 Å². The number of rotatable bonds is 4. The Morgan fingerprint density at radius 2 is 1.83 bits per heavy atom. The van der Waals surface area contributed by atoms with Crippen molar-refractivity contribution in [1.29, 1.82) is 0 Å². The molecule has 140 valence electrons. The van der Waals surface area contributed by atoms with Gasteiger partial charge in [0, 0.05) is 29.1 Å². The number of carbonyl (C=O) groups excluding carboxylic acids is 1. The molecule has 0 aliphatic rings. The zero-order chi connectivity index (χ0) is 19.8. The number of aromatic nitrogens is 5. The molecule has 7 nitrogen and oxygen atoms in total. The van der Waals surface area contributed by atoms with Gasteiger partial charge in [0.25, 0.3) is 5.78 Å². The van der Waals surface area contributed by atoms with Gasteiger partial charge >= 0.3 is 0 Å². The highest BCUT2D eigenvalue weighted by Crippen LogP contribution is 2.22. The first-order valence-electron chi connectivity index (χ1n) is 9.11. The molecule has 2 N–H and O–H groups in total. The number of nitrogens with zero attached hydrogens (tertiary/aromatic N) is 5. The van der Waals surface area contributed by atoms with E-state index in [1.165, 1.54) is 0 Å². The summed E-state index contributed by atoms with van der Waals surface area (Å²) in [5.41, 5.74) is 10.1. The van der Waals surface area contributed by atoms with E-state index >= 15 is 0 Å². The van der Waals surface area contributed by atoms with Gasteiger partial charge in [-0.3, -0.25) is 9.78 Å². The molecular formula is C22H16N6O. The molecule has 0 radical (unpaired) electrons. The Morgan fingerprint density at radius 1 is 0.966 bits per heavy atom. The third kappa shape index (κ3) is 3.08. The summed E-state index contributed by atoms with van der Waals surface area (Å²) in [6, 6.07) is 17.2. The number of carbonyl (C=O) groups is 1. The van der Waals surface area contributed by atoms with E-state index in [4.69, 9.17) is 5.73 Å². The fourth-order valence-electron chi connectivity index (χ4n) is 3.43. The van der Waals surface area contributed by atoms with Crippen molar-refractivity contribution in [2.45, 2.75) is 6.42 Å². The highest BCUT2D eigenvalue weighted by atomic mass is 16.1. The van der Waals surface area contributed by atoms with Crippen LogP contribution in [0.15, 0.2) is 73.2 Å². The Morgan fingerprint density at radius 3 is 2.72 bits per heavy atom. The second-order valence-corrected chi connectivity index (χ2v) is 6.72. The third-order valence-corrected chi connectivity index (χ3v) is 4.82. The lowest BCUT2D eigenvalue weighted by Crippen LogP contribution is -2.13. The van der Waals surface area contributed by atoms with E-state index in [1.807, 2.05) is 36.4 Å². The fraction of sp³-hybridized carbons (Fsp3) is 0.0455.